The average Bonchev–Trinajstić information content (AvgIpc) is 2.97. The minimum atomic E-state index is -4.73. The van der Waals surface area contributed by atoms with Crippen LogP contribution in [-0.4, -0.2) is 76.4 Å². The van der Waals surface area contributed by atoms with E-state index in [1.807, 2.05) is 11.8 Å². The number of carbonyl (C=O) groups is 2. The molecule has 3 rings (SSSR count). The highest BCUT2D eigenvalue weighted by Crippen LogP contribution is 2.37. The van der Waals surface area contributed by atoms with Crippen LogP contribution in [-0.2, 0) is 15.8 Å². The fourth-order valence-electron chi connectivity index (χ4n) is 4.34. The molecule has 2 aliphatic heterocycles. The Kier molecular flexibility index (Phi) is 7.53. The Bertz CT molecular complexity index is 1010. The molecule has 0 radical (unpaired) electrons. The van der Waals surface area contributed by atoms with Gasteiger partial charge in [-0.05, 0) is 57.2 Å². The first-order valence-corrected chi connectivity index (χ1v) is 11.6. The number of nitrogens with zero attached hydrogens (tertiary/aromatic N) is 5. The number of alkyl halides is 3. The highest BCUT2D eigenvalue weighted by atomic mass is 32.1. The third-order valence-corrected chi connectivity index (χ3v) is 6.80. The second-order valence-electron chi connectivity index (χ2n) is 8.90. The number of nitriles is 1. The molecule has 2 amide bonds. The summed E-state index contributed by atoms with van der Waals surface area (Å²) in [4.78, 5) is 32.0. The number of piperazine rings is 1. The molecule has 34 heavy (non-hydrogen) atoms. The number of hydrogen-bond acceptors (Lipinski definition) is 5. The minimum absolute atomic E-state index is 0.00591. The van der Waals surface area contributed by atoms with E-state index in [9.17, 15) is 22.8 Å². The Morgan fingerprint density at radius 3 is 2.38 bits per heavy atom. The normalized spacial score (nSPS) is 19.0. The molecule has 2 aliphatic rings. The molecule has 0 bridgehead atoms. The van der Waals surface area contributed by atoms with Gasteiger partial charge in [0, 0.05) is 39.1 Å². The van der Waals surface area contributed by atoms with E-state index in [1.54, 1.807) is 24.8 Å². The second kappa shape index (κ2) is 9.88. The molecule has 0 atom stereocenters. The van der Waals surface area contributed by atoms with Crippen LogP contribution < -0.4 is 4.90 Å². The Balaban J connectivity index is 1.69. The zero-order valence-electron chi connectivity index (χ0n) is 19.5. The Morgan fingerprint density at radius 1 is 1.18 bits per heavy atom. The summed E-state index contributed by atoms with van der Waals surface area (Å²) >= 11 is 5.52. The van der Waals surface area contributed by atoms with Crippen LogP contribution in [0.1, 0.15) is 44.7 Å². The first-order valence-electron chi connectivity index (χ1n) is 11.2. The molecule has 2 saturated heterocycles. The SMILES string of the molecule is CCC(=O)N1CCN(CCCN2C(=S)N(c3ccc(C#N)c(C(F)(F)F)c3)C(=O)C2(C)C)CC1. The van der Waals surface area contributed by atoms with Gasteiger partial charge in [0.1, 0.15) is 5.54 Å². The van der Waals surface area contributed by atoms with Gasteiger partial charge in [-0.25, -0.2) is 0 Å². The third kappa shape index (κ3) is 5.03. The largest absolute Gasteiger partial charge is 0.417 e. The van der Waals surface area contributed by atoms with Crippen LogP contribution in [0.2, 0.25) is 0 Å². The molecule has 2 fully saturated rings. The lowest BCUT2D eigenvalue weighted by atomic mass is 10.0. The van der Waals surface area contributed by atoms with Crippen molar-refractivity contribution in [1.82, 2.24) is 14.7 Å². The number of rotatable bonds is 6. The molecular formula is C23H28F3N5O2S. The van der Waals surface area contributed by atoms with Crippen molar-refractivity contribution in [3.05, 3.63) is 29.3 Å². The van der Waals surface area contributed by atoms with Gasteiger partial charge in [0.05, 0.1) is 22.9 Å². The van der Waals surface area contributed by atoms with Gasteiger partial charge in [-0.15, -0.1) is 0 Å². The number of thiocarbonyl (C=S) groups is 1. The maximum Gasteiger partial charge on any atom is 0.417 e. The van der Waals surface area contributed by atoms with Crippen LogP contribution in [0.3, 0.4) is 0 Å². The van der Waals surface area contributed by atoms with Crippen molar-refractivity contribution >= 4 is 34.8 Å². The molecule has 7 nitrogen and oxygen atoms in total. The van der Waals surface area contributed by atoms with E-state index in [4.69, 9.17) is 17.5 Å². The lowest BCUT2D eigenvalue weighted by Gasteiger charge is -2.35. The van der Waals surface area contributed by atoms with Gasteiger partial charge in [0.15, 0.2) is 5.11 Å². The van der Waals surface area contributed by atoms with Gasteiger partial charge in [-0.1, -0.05) is 6.92 Å². The van der Waals surface area contributed by atoms with Crippen LogP contribution in [0.25, 0.3) is 0 Å². The quantitative estimate of drug-likeness (QED) is 0.565. The third-order valence-electron chi connectivity index (χ3n) is 6.39. The van der Waals surface area contributed by atoms with Crippen molar-refractivity contribution in [2.75, 3.05) is 44.2 Å². The zero-order chi connectivity index (χ0) is 25.3. The average molecular weight is 496 g/mol. The van der Waals surface area contributed by atoms with Crippen molar-refractivity contribution in [3.8, 4) is 6.07 Å². The van der Waals surface area contributed by atoms with Crippen LogP contribution in [0, 0.1) is 11.3 Å². The summed E-state index contributed by atoms with van der Waals surface area (Å²) in [6.07, 6.45) is -3.53. The molecule has 0 aliphatic carbocycles. The van der Waals surface area contributed by atoms with Crippen LogP contribution in [0.4, 0.5) is 18.9 Å². The molecule has 0 saturated carbocycles. The van der Waals surface area contributed by atoms with E-state index in [-0.39, 0.29) is 16.7 Å². The van der Waals surface area contributed by atoms with E-state index in [1.165, 1.54) is 6.07 Å². The number of amides is 2. The Labute approximate surface area is 202 Å². The number of hydrogen-bond donors (Lipinski definition) is 0. The van der Waals surface area contributed by atoms with Crippen molar-refractivity contribution in [2.24, 2.45) is 0 Å². The smallest absolute Gasteiger partial charge is 0.340 e. The number of halogens is 3. The maximum absolute atomic E-state index is 13.4. The highest BCUT2D eigenvalue weighted by molar-refractivity contribution is 7.80. The molecule has 1 aromatic rings. The topological polar surface area (TPSA) is 70.9 Å². The van der Waals surface area contributed by atoms with Gasteiger partial charge in [-0.2, -0.15) is 18.4 Å². The van der Waals surface area contributed by atoms with Gasteiger partial charge >= 0.3 is 6.18 Å². The van der Waals surface area contributed by atoms with Crippen molar-refractivity contribution in [2.45, 2.75) is 45.3 Å². The first-order chi connectivity index (χ1) is 15.9. The van der Waals surface area contributed by atoms with Crippen LogP contribution in [0.5, 0.6) is 0 Å². The van der Waals surface area contributed by atoms with E-state index < -0.39 is 28.7 Å². The fraction of sp³-hybridized carbons (Fsp3) is 0.565. The van der Waals surface area contributed by atoms with E-state index in [0.29, 0.717) is 32.5 Å². The molecular weight excluding hydrogens is 467 g/mol. The lowest BCUT2D eigenvalue weighted by Crippen LogP contribution is -2.49. The van der Waals surface area contributed by atoms with Gasteiger partial charge in [0.25, 0.3) is 5.91 Å². The van der Waals surface area contributed by atoms with Crippen LogP contribution >= 0.6 is 12.2 Å². The molecule has 1 aromatic carbocycles. The summed E-state index contributed by atoms with van der Waals surface area (Å²) in [6.45, 7) is 9.39. The predicted molar refractivity (Wildman–Crippen MR) is 125 cm³/mol. The van der Waals surface area contributed by atoms with Gasteiger partial charge in [0.2, 0.25) is 5.91 Å². The van der Waals surface area contributed by atoms with Gasteiger partial charge in [-0.3, -0.25) is 19.4 Å². The number of carbonyl (C=O) groups excluding carboxylic acids is 2. The summed E-state index contributed by atoms with van der Waals surface area (Å²) in [5.74, 6) is -0.263. The van der Waals surface area contributed by atoms with Crippen molar-refractivity contribution in [3.63, 3.8) is 0 Å². The molecule has 2 heterocycles. The van der Waals surface area contributed by atoms with Crippen molar-refractivity contribution in [1.29, 1.82) is 5.26 Å². The van der Waals surface area contributed by atoms with Crippen molar-refractivity contribution < 1.29 is 22.8 Å². The maximum atomic E-state index is 13.4. The molecule has 0 N–H and O–H groups in total. The van der Waals surface area contributed by atoms with E-state index in [2.05, 4.69) is 4.90 Å². The highest BCUT2D eigenvalue weighted by Gasteiger charge is 2.49. The molecule has 0 spiro atoms. The summed E-state index contributed by atoms with van der Waals surface area (Å²) in [6, 6.07) is 4.73. The Hall–Kier alpha value is -2.71. The number of benzene rings is 1. The monoisotopic (exact) mass is 495 g/mol. The molecule has 0 aromatic heterocycles. The second-order valence-corrected chi connectivity index (χ2v) is 9.27. The summed E-state index contributed by atoms with van der Waals surface area (Å²) < 4.78 is 40.3. The lowest BCUT2D eigenvalue weighted by molar-refractivity contribution is -0.138. The number of anilines is 1. The Morgan fingerprint density at radius 2 is 1.82 bits per heavy atom. The minimum Gasteiger partial charge on any atom is -0.340 e. The van der Waals surface area contributed by atoms with E-state index in [0.717, 1.165) is 36.7 Å². The standard InChI is InChI=1S/C23H28F3N5O2S/c1-4-19(32)29-12-10-28(11-13-29)8-5-9-30-21(34)31(20(33)22(30,2)3)17-7-6-16(15-27)18(14-17)23(24,25)26/h6-7,14H,4-5,8-13H2,1-3H3. The fourth-order valence-corrected chi connectivity index (χ4v) is 4.85. The molecule has 0 unspecified atom stereocenters. The van der Waals surface area contributed by atoms with Crippen LogP contribution in [0.15, 0.2) is 18.2 Å². The van der Waals surface area contributed by atoms with Gasteiger partial charge < -0.3 is 9.80 Å². The first kappa shape index (κ1) is 25.9. The van der Waals surface area contributed by atoms with E-state index >= 15 is 0 Å². The summed E-state index contributed by atoms with van der Waals surface area (Å²) in [5, 5.41) is 9.18. The molecule has 11 heteroatoms. The predicted octanol–water partition coefficient (Wildman–Crippen LogP) is 3.23. The summed E-state index contributed by atoms with van der Waals surface area (Å²) in [7, 11) is 0. The molecule has 184 valence electrons. The zero-order valence-corrected chi connectivity index (χ0v) is 20.3. The summed E-state index contributed by atoms with van der Waals surface area (Å²) in [5.41, 5.74) is -2.63.